The Morgan fingerprint density at radius 1 is 1.20 bits per heavy atom. The Morgan fingerprint density at radius 2 is 2.08 bits per heavy atom. The SMILES string of the molecule is O=C(c1ccccc1SCc1cscn1)N1CCCN(C2CC2)CC1. The molecular weight excluding hydrogens is 350 g/mol. The zero-order valence-electron chi connectivity index (χ0n) is 14.3. The molecule has 1 saturated carbocycles. The highest BCUT2D eigenvalue weighted by Gasteiger charge is 2.31. The molecule has 0 atom stereocenters. The second-order valence-corrected chi connectivity index (χ2v) is 8.41. The van der Waals surface area contributed by atoms with Crippen LogP contribution in [0.5, 0.6) is 0 Å². The van der Waals surface area contributed by atoms with Gasteiger partial charge < -0.3 is 4.90 Å². The Labute approximate surface area is 157 Å². The van der Waals surface area contributed by atoms with Gasteiger partial charge in [0.05, 0.1) is 16.8 Å². The molecule has 2 aromatic rings. The number of amides is 1. The van der Waals surface area contributed by atoms with Gasteiger partial charge in [-0.15, -0.1) is 23.1 Å². The van der Waals surface area contributed by atoms with Crippen molar-refractivity contribution in [2.45, 2.75) is 36.0 Å². The van der Waals surface area contributed by atoms with Crippen LogP contribution in [-0.2, 0) is 5.75 Å². The van der Waals surface area contributed by atoms with Gasteiger partial charge in [-0.2, -0.15) is 0 Å². The van der Waals surface area contributed by atoms with E-state index in [-0.39, 0.29) is 5.91 Å². The number of aromatic nitrogens is 1. The summed E-state index contributed by atoms with van der Waals surface area (Å²) >= 11 is 3.32. The maximum atomic E-state index is 13.1. The Bertz CT molecular complexity index is 715. The predicted octanol–water partition coefficient (Wildman–Crippen LogP) is 3.75. The third-order valence-electron chi connectivity index (χ3n) is 4.86. The summed E-state index contributed by atoms with van der Waals surface area (Å²) < 4.78 is 0. The van der Waals surface area contributed by atoms with Crippen LogP contribution in [0.4, 0.5) is 0 Å². The van der Waals surface area contributed by atoms with Crippen LogP contribution < -0.4 is 0 Å². The fourth-order valence-electron chi connectivity index (χ4n) is 3.35. The summed E-state index contributed by atoms with van der Waals surface area (Å²) in [5, 5.41) is 2.07. The largest absolute Gasteiger partial charge is 0.337 e. The average Bonchev–Trinajstić information content (AvgIpc) is 3.40. The Kier molecular flexibility index (Phi) is 5.39. The number of rotatable bonds is 5. The van der Waals surface area contributed by atoms with E-state index in [1.165, 1.54) is 12.8 Å². The number of benzene rings is 1. The maximum Gasteiger partial charge on any atom is 0.255 e. The lowest BCUT2D eigenvalue weighted by atomic mass is 10.2. The number of hydrogen-bond acceptors (Lipinski definition) is 5. The van der Waals surface area contributed by atoms with E-state index in [9.17, 15) is 4.79 Å². The van der Waals surface area contributed by atoms with Gasteiger partial charge in [-0.3, -0.25) is 9.69 Å². The van der Waals surface area contributed by atoms with Gasteiger partial charge in [0.2, 0.25) is 0 Å². The summed E-state index contributed by atoms with van der Waals surface area (Å²) in [5.74, 6) is 0.988. The van der Waals surface area contributed by atoms with Crippen molar-refractivity contribution >= 4 is 29.0 Å². The topological polar surface area (TPSA) is 36.4 Å². The average molecular weight is 374 g/mol. The van der Waals surface area contributed by atoms with Crippen molar-refractivity contribution in [3.05, 3.63) is 46.4 Å². The molecule has 132 valence electrons. The van der Waals surface area contributed by atoms with Crippen molar-refractivity contribution in [1.29, 1.82) is 0 Å². The van der Waals surface area contributed by atoms with E-state index in [1.807, 2.05) is 28.6 Å². The first kappa shape index (κ1) is 17.1. The van der Waals surface area contributed by atoms with Crippen LogP contribution in [0.1, 0.15) is 35.3 Å². The van der Waals surface area contributed by atoms with Gasteiger partial charge in [-0.05, 0) is 31.4 Å². The maximum absolute atomic E-state index is 13.1. The molecular formula is C19H23N3OS2. The highest BCUT2D eigenvalue weighted by Crippen LogP contribution is 2.29. The molecule has 0 bridgehead atoms. The van der Waals surface area contributed by atoms with E-state index >= 15 is 0 Å². The zero-order valence-corrected chi connectivity index (χ0v) is 15.9. The number of carbonyl (C=O) groups excluding carboxylic acids is 1. The van der Waals surface area contributed by atoms with Gasteiger partial charge in [0, 0.05) is 48.2 Å². The molecule has 2 aliphatic rings. The van der Waals surface area contributed by atoms with Crippen LogP contribution in [-0.4, -0.2) is 52.9 Å². The van der Waals surface area contributed by atoms with Gasteiger partial charge in [0.25, 0.3) is 5.91 Å². The first-order chi connectivity index (χ1) is 12.3. The smallest absolute Gasteiger partial charge is 0.255 e. The minimum atomic E-state index is 0.180. The quantitative estimate of drug-likeness (QED) is 0.748. The third-order valence-corrected chi connectivity index (χ3v) is 6.60. The van der Waals surface area contributed by atoms with Crippen molar-refractivity contribution < 1.29 is 4.79 Å². The highest BCUT2D eigenvalue weighted by molar-refractivity contribution is 7.98. The fraction of sp³-hybridized carbons (Fsp3) is 0.474. The molecule has 4 nitrogen and oxygen atoms in total. The van der Waals surface area contributed by atoms with E-state index in [0.717, 1.165) is 60.5 Å². The van der Waals surface area contributed by atoms with Crippen LogP contribution in [0.25, 0.3) is 0 Å². The standard InChI is InChI=1S/C19H23N3OS2/c23-19(22-9-3-8-21(10-11-22)16-6-7-16)17-4-1-2-5-18(17)25-13-15-12-24-14-20-15/h1-2,4-5,12,14,16H,3,6-11,13H2. The lowest BCUT2D eigenvalue weighted by Gasteiger charge is -2.22. The number of carbonyl (C=O) groups is 1. The summed E-state index contributed by atoms with van der Waals surface area (Å²) in [5.41, 5.74) is 3.77. The number of hydrogen-bond donors (Lipinski definition) is 0. The lowest BCUT2D eigenvalue weighted by molar-refractivity contribution is 0.0757. The van der Waals surface area contributed by atoms with Crippen molar-refractivity contribution in [3.8, 4) is 0 Å². The molecule has 1 aliphatic heterocycles. The Hall–Kier alpha value is -1.37. The molecule has 1 aliphatic carbocycles. The molecule has 2 heterocycles. The van der Waals surface area contributed by atoms with E-state index in [2.05, 4.69) is 21.3 Å². The number of thioether (sulfide) groups is 1. The molecule has 0 radical (unpaired) electrons. The van der Waals surface area contributed by atoms with E-state index in [4.69, 9.17) is 0 Å². The summed E-state index contributed by atoms with van der Waals surface area (Å²) in [4.78, 5) is 23.1. The molecule has 6 heteroatoms. The first-order valence-electron chi connectivity index (χ1n) is 8.93. The summed E-state index contributed by atoms with van der Waals surface area (Å²) in [6, 6.07) is 8.79. The summed E-state index contributed by atoms with van der Waals surface area (Å²) in [6.07, 6.45) is 3.75. The van der Waals surface area contributed by atoms with Gasteiger partial charge in [0.1, 0.15) is 0 Å². The molecule has 0 spiro atoms. The van der Waals surface area contributed by atoms with Gasteiger partial charge in [0.15, 0.2) is 0 Å². The fourth-order valence-corrected chi connectivity index (χ4v) is 4.96. The van der Waals surface area contributed by atoms with Crippen LogP contribution in [0, 0.1) is 0 Å². The van der Waals surface area contributed by atoms with Crippen LogP contribution >= 0.6 is 23.1 Å². The monoisotopic (exact) mass is 373 g/mol. The molecule has 4 rings (SSSR count). The number of nitrogens with zero attached hydrogens (tertiary/aromatic N) is 3. The second kappa shape index (κ2) is 7.89. The minimum Gasteiger partial charge on any atom is -0.337 e. The first-order valence-corrected chi connectivity index (χ1v) is 10.9. The molecule has 1 aromatic heterocycles. The van der Waals surface area contributed by atoms with Crippen molar-refractivity contribution in [3.63, 3.8) is 0 Å². The van der Waals surface area contributed by atoms with Gasteiger partial charge >= 0.3 is 0 Å². The van der Waals surface area contributed by atoms with Crippen molar-refractivity contribution in [2.75, 3.05) is 26.2 Å². The zero-order chi connectivity index (χ0) is 17.1. The Morgan fingerprint density at radius 3 is 2.88 bits per heavy atom. The van der Waals surface area contributed by atoms with E-state index in [0.29, 0.717) is 0 Å². The number of thiazole rings is 1. The highest BCUT2D eigenvalue weighted by atomic mass is 32.2. The molecule has 0 N–H and O–H groups in total. The normalized spacial score (nSPS) is 19.0. The molecule has 0 unspecified atom stereocenters. The van der Waals surface area contributed by atoms with Crippen molar-refractivity contribution in [2.24, 2.45) is 0 Å². The molecule has 1 saturated heterocycles. The van der Waals surface area contributed by atoms with Gasteiger partial charge in [-0.25, -0.2) is 4.98 Å². The molecule has 1 amide bonds. The molecule has 2 fully saturated rings. The van der Waals surface area contributed by atoms with E-state index in [1.54, 1.807) is 23.1 Å². The third kappa shape index (κ3) is 4.25. The lowest BCUT2D eigenvalue weighted by Crippen LogP contribution is -2.36. The van der Waals surface area contributed by atoms with E-state index < -0.39 is 0 Å². The minimum absolute atomic E-state index is 0.180. The van der Waals surface area contributed by atoms with Crippen molar-refractivity contribution in [1.82, 2.24) is 14.8 Å². The summed E-state index contributed by atoms with van der Waals surface area (Å²) in [6.45, 7) is 3.87. The van der Waals surface area contributed by atoms with Gasteiger partial charge in [-0.1, -0.05) is 12.1 Å². The molecule has 25 heavy (non-hydrogen) atoms. The van der Waals surface area contributed by atoms with Crippen LogP contribution in [0.15, 0.2) is 40.1 Å². The molecule has 1 aromatic carbocycles. The van der Waals surface area contributed by atoms with Crippen LogP contribution in [0.2, 0.25) is 0 Å². The Balaban J connectivity index is 1.44. The summed E-state index contributed by atoms with van der Waals surface area (Å²) in [7, 11) is 0. The second-order valence-electron chi connectivity index (χ2n) is 6.68. The predicted molar refractivity (Wildman–Crippen MR) is 103 cm³/mol. The van der Waals surface area contributed by atoms with Crippen LogP contribution in [0.3, 0.4) is 0 Å².